The molecule has 25 heavy (non-hydrogen) atoms. The first-order valence-electron chi connectivity index (χ1n) is 7.53. The van der Waals surface area contributed by atoms with Crippen molar-refractivity contribution in [3.63, 3.8) is 0 Å². The van der Waals surface area contributed by atoms with Crippen LogP contribution in [0.25, 0.3) is 22.4 Å². The van der Waals surface area contributed by atoms with Gasteiger partial charge in [-0.25, -0.2) is 4.39 Å². The van der Waals surface area contributed by atoms with Gasteiger partial charge in [0.05, 0.1) is 28.2 Å². The summed E-state index contributed by atoms with van der Waals surface area (Å²) < 4.78 is 31.1. The molecule has 6 nitrogen and oxygen atoms in total. The minimum atomic E-state index is -4.55. The Hall–Kier alpha value is -1.79. The first-order valence-corrected chi connectivity index (χ1v) is 9.52. The summed E-state index contributed by atoms with van der Waals surface area (Å²) in [6.07, 6.45) is 1.75. The van der Waals surface area contributed by atoms with Gasteiger partial charge in [0.15, 0.2) is 11.6 Å². The van der Waals surface area contributed by atoms with Crippen LogP contribution in [0, 0.1) is 11.7 Å². The van der Waals surface area contributed by atoms with E-state index in [9.17, 15) is 18.7 Å². The number of hydrogen-bond acceptors (Lipinski definition) is 3. The smallest absolute Gasteiger partial charge is 0.360 e. The van der Waals surface area contributed by atoms with Gasteiger partial charge in [0, 0.05) is 5.39 Å². The molecule has 0 amide bonds. The fraction of sp³-hybridized carbons (Fsp3) is 0.250. The van der Waals surface area contributed by atoms with Gasteiger partial charge in [0.25, 0.3) is 0 Å². The summed E-state index contributed by atoms with van der Waals surface area (Å²) in [6, 6.07) is 2.68. The van der Waals surface area contributed by atoms with Crippen LogP contribution in [-0.4, -0.2) is 14.8 Å². The largest absolute Gasteiger partial charge is 0.462 e. The van der Waals surface area contributed by atoms with Gasteiger partial charge < -0.3 is 24.9 Å². The summed E-state index contributed by atoms with van der Waals surface area (Å²) in [7, 11) is -4.55. The summed E-state index contributed by atoms with van der Waals surface area (Å²) in [4.78, 5) is 22.0. The second-order valence-corrected chi connectivity index (χ2v) is 8.24. The standard InChI is InChI=1S/C16H17ClFN2O4P/c1-7(2)5-8-9-6-10(17)12(18)13(19)14(9)20-15(8)16-11(3-4-24-16)25(21,22)23/h3-4,6-7,20H,5,19H2,1-2H3,(H2,21,22,23). The topological polar surface area (TPSA) is 112 Å². The number of fused-ring (bicyclic) bond motifs is 1. The second-order valence-electron chi connectivity index (χ2n) is 6.26. The Bertz CT molecular complexity index is 1010. The van der Waals surface area contributed by atoms with Gasteiger partial charge in [-0.05, 0) is 30.0 Å². The number of furan rings is 1. The molecule has 0 aliphatic carbocycles. The lowest BCUT2D eigenvalue weighted by Gasteiger charge is -2.09. The van der Waals surface area contributed by atoms with E-state index in [1.807, 2.05) is 13.8 Å². The van der Waals surface area contributed by atoms with Crippen molar-refractivity contribution in [2.75, 3.05) is 5.73 Å². The molecule has 2 heterocycles. The third-order valence-electron chi connectivity index (χ3n) is 3.93. The van der Waals surface area contributed by atoms with Crippen molar-refractivity contribution in [2.45, 2.75) is 20.3 Å². The van der Waals surface area contributed by atoms with Crippen molar-refractivity contribution >= 4 is 41.1 Å². The summed E-state index contributed by atoms with van der Waals surface area (Å²) in [5.41, 5.74) is 7.08. The van der Waals surface area contributed by atoms with Crippen molar-refractivity contribution in [1.82, 2.24) is 4.98 Å². The average Bonchev–Trinajstić information content (AvgIpc) is 3.10. The normalized spacial score (nSPS) is 12.4. The van der Waals surface area contributed by atoms with Crippen LogP contribution < -0.4 is 11.0 Å². The molecule has 0 saturated heterocycles. The number of halogens is 2. The van der Waals surface area contributed by atoms with Crippen LogP contribution in [-0.2, 0) is 11.0 Å². The molecule has 0 spiro atoms. The monoisotopic (exact) mass is 386 g/mol. The maximum Gasteiger partial charge on any atom is 0.360 e. The van der Waals surface area contributed by atoms with Gasteiger partial charge in [-0.1, -0.05) is 25.4 Å². The zero-order valence-corrected chi connectivity index (χ0v) is 15.2. The summed E-state index contributed by atoms with van der Waals surface area (Å²) in [5, 5.41) is 0.241. The lowest BCUT2D eigenvalue weighted by molar-refractivity contribution is 0.387. The molecule has 0 fully saturated rings. The highest BCUT2D eigenvalue weighted by atomic mass is 35.5. The molecule has 2 aromatic heterocycles. The number of benzene rings is 1. The Kier molecular flexibility index (Phi) is 4.45. The number of H-pyrrole nitrogens is 1. The zero-order valence-electron chi connectivity index (χ0n) is 13.5. The SMILES string of the molecule is CC(C)Cc1c(-c2occc2P(=O)(O)O)[nH]c2c(N)c(F)c(Cl)cc12. The summed E-state index contributed by atoms with van der Waals surface area (Å²) >= 11 is 5.92. The second kappa shape index (κ2) is 6.18. The van der Waals surface area contributed by atoms with Crippen LogP contribution in [0.3, 0.4) is 0 Å². The Balaban J connectivity index is 2.37. The van der Waals surface area contributed by atoms with E-state index in [-0.39, 0.29) is 27.7 Å². The Labute approximate surface area is 147 Å². The molecule has 134 valence electrons. The molecular weight excluding hydrogens is 370 g/mol. The number of aromatic nitrogens is 1. The van der Waals surface area contributed by atoms with E-state index in [1.165, 1.54) is 18.4 Å². The van der Waals surface area contributed by atoms with E-state index in [1.54, 1.807) is 0 Å². The van der Waals surface area contributed by atoms with Gasteiger partial charge in [0.1, 0.15) is 5.30 Å². The zero-order chi connectivity index (χ0) is 18.5. The van der Waals surface area contributed by atoms with Crippen LogP contribution in [0.5, 0.6) is 0 Å². The molecule has 1 aromatic carbocycles. The average molecular weight is 387 g/mol. The molecule has 0 bridgehead atoms. The Morgan fingerprint density at radius 1 is 1.44 bits per heavy atom. The Morgan fingerprint density at radius 2 is 2.12 bits per heavy atom. The van der Waals surface area contributed by atoms with Gasteiger partial charge in [-0.3, -0.25) is 4.57 Å². The van der Waals surface area contributed by atoms with Gasteiger partial charge >= 0.3 is 7.60 Å². The van der Waals surface area contributed by atoms with Crippen molar-refractivity contribution < 1.29 is 23.2 Å². The molecule has 3 rings (SSSR count). The van der Waals surface area contributed by atoms with Crippen LogP contribution in [0.4, 0.5) is 10.1 Å². The highest BCUT2D eigenvalue weighted by Gasteiger charge is 2.29. The van der Waals surface area contributed by atoms with Crippen LogP contribution >= 0.6 is 19.2 Å². The molecule has 0 saturated carbocycles. The van der Waals surface area contributed by atoms with Crippen molar-refractivity contribution in [3.05, 3.63) is 34.8 Å². The Morgan fingerprint density at radius 3 is 2.72 bits per heavy atom. The maximum atomic E-state index is 14.1. The van der Waals surface area contributed by atoms with Gasteiger partial charge in [-0.2, -0.15) is 0 Å². The highest BCUT2D eigenvalue weighted by molar-refractivity contribution is 7.60. The first-order chi connectivity index (χ1) is 11.6. The summed E-state index contributed by atoms with van der Waals surface area (Å²) in [6.45, 7) is 3.98. The third-order valence-corrected chi connectivity index (χ3v) is 5.19. The fourth-order valence-corrected chi connectivity index (χ4v) is 3.78. The van der Waals surface area contributed by atoms with E-state index in [2.05, 4.69) is 4.98 Å². The number of hydrogen-bond donors (Lipinski definition) is 4. The van der Waals surface area contributed by atoms with Gasteiger partial charge in [-0.15, -0.1) is 0 Å². The molecule has 0 radical (unpaired) electrons. The van der Waals surface area contributed by atoms with Crippen LogP contribution in [0.1, 0.15) is 19.4 Å². The first kappa shape index (κ1) is 18.0. The van der Waals surface area contributed by atoms with Crippen molar-refractivity contribution in [2.24, 2.45) is 5.92 Å². The highest BCUT2D eigenvalue weighted by Crippen LogP contribution is 2.42. The van der Waals surface area contributed by atoms with Crippen LogP contribution in [0.15, 0.2) is 22.8 Å². The summed E-state index contributed by atoms with van der Waals surface area (Å²) in [5.74, 6) is -0.514. The number of nitrogen functional groups attached to an aromatic ring is 1. The van der Waals surface area contributed by atoms with E-state index in [0.717, 1.165) is 0 Å². The quantitative estimate of drug-likeness (QED) is 0.402. The lowest BCUT2D eigenvalue weighted by atomic mass is 9.98. The molecule has 0 unspecified atom stereocenters. The van der Waals surface area contributed by atoms with E-state index >= 15 is 0 Å². The van der Waals surface area contributed by atoms with Crippen molar-refractivity contribution in [1.29, 1.82) is 0 Å². The molecule has 9 heteroatoms. The molecule has 5 N–H and O–H groups in total. The number of nitrogens with two attached hydrogens (primary N) is 1. The molecule has 0 aliphatic heterocycles. The molecular formula is C16H17ClFN2O4P. The van der Waals surface area contributed by atoms with Crippen molar-refractivity contribution in [3.8, 4) is 11.5 Å². The number of anilines is 1. The molecule has 0 aliphatic rings. The number of aromatic amines is 1. The number of nitrogens with one attached hydrogen (secondary N) is 1. The predicted octanol–water partition coefficient (Wildman–Crippen LogP) is 3.80. The molecule has 3 aromatic rings. The van der Waals surface area contributed by atoms with Crippen LogP contribution in [0.2, 0.25) is 5.02 Å². The van der Waals surface area contributed by atoms with Gasteiger partial charge in [0.2, 0.25) is 0 Å². The minimum absolute atomic E-state index is 0.0103. The lowest BCUT2D eigenvalue weighted by Crippen LogP contribution is -2.05. The maximum absolute atomic E-state index is 14.1. The molecule has 0 atom stereocenters. The van der Waals surface area contributed by atoms with E-state index in [0.29, 0.717) is 28.6 Å². The predicted molar refractivity (Wildman–Crippen MR) is 95.6 cm³/mol. The fourth-order valence-electron chi connectivity index (χ4n) is 2.89. The number of rotatable bonds is 4. The van der Waals surface area contributed by atoms with E-state index < -0.39 is 13.4 Å². The third kappa shape index (κ3) is 3.09. The minimum Gasteiger partial charge on any atom is -0.462 e. The van der Waals surface area contributed by atoms with E-state index in [4.69, 9.17) is 21.8 Å².